The normalized spacial score (nSPS) is 25.4. The molecule has 0 bridgehead atoms. The largest absolute Gasteiger partial charge is 0.508 e. The molecule has 2 rings (SSSR count). The van der Waals surface area contributed by atoms with Crippen molar-refractivity contribution < 1.29 is 5.11 Å². The summed E-state index contributed by atoms with van der Waals surface area (Å²) in [6, 6.07) is 8.48. The lowest BCUT2D eigenvalue weighted by atomic mass is 9.69. The molecule has 3 unspecified atom stereocenters. The number of phenolic OH excluding ortho intramolecular Hbond substituents is 1. The molecule has 0 saturated heterocycles. The van der Waals surface area contributed by atoms with Gasteiger partial charge in [0.05, 0.1) is 0 Å². The van der Waals surface area contributed by atoms with Gasteiger partial charge in [-0.05, 0) is 48.8 Å². The number of benzene rings is 1. The van der Waals surface area contributed by atoms with E-state index >= 15 is 0 Å². The second kappa shape index (κ2) is 6.17. The lowest BCUT2D eigenvalue weighted by Gasteiger charge is -2.42. The van der Waals surface area contributed by atoms with Crippen LogP contribution in [0.3, 0.4) is 0 Å². The predicted octanol–water partition coefficient (Wildman–Crippen LogP) is 4.65. The number of rotatable bonds is 3. The molecule has 0 heterocycles. The Bertz CT molecular complexity index is 435. The fourth-order valence-electron chi connectivity index (χ4n) is 3.58. The first kappa shape index (κ1) is 15.4. The van der Waals surface area contributed by atoms with E-state index in [1.807, 2.05) is 12.1 Å². The van der Waals surface area contributed by atoms with E-state index < -0.39 is 0 Å². The molecule has 1 aromatic carbocycles. The van der Waals surface area contributed by atoms with Crippen molar-refractivity contribution in [3.05, 3.63) is 29.8 Å². The smallest absolute Gasteiger partial charge is 0.115 e. The van der Waals surface area contributed by atoms with E-state index in [1.165, 1.54) is 31.2 Å². The third kappa shape index (κ3) is 3.76. The third-order valence-corrected chi connectivity index (χ3v) is 4.71. The van der Waals surface area contributed by atoms with Gasteiger partial charge < -0.3 is 10.4 Å². The van der Waals surface area contributed by atoms with Crippen LogP contribution in [-0.4, -0.2) is 11.1 Å². The van der Waals surface area contributed by atoms with Gasteiger partial charge in [-0.25, -0.2) is 0 Å². The van der Waals surface area contributed by atoms with Gasteiger partial charge in [-0.2, -0.15) is 0 Å². The molecule has 1 aromatic rings. The van der Waals surface area contributed by atoms with E-state index in [0.717, 1.165) is 5.92 Å². The summed E-state index contributed by atoms with van der Waals surface area (Å²) in [5.74, 6) is 1.09. The van der Waals surface area contributed by atoms with Gasteiger partial charge in [0.25, 0.3) is 0 Å². The minimum Gasteiger partial charge on any atom is -0.508 e. The molecular formula is C18H29NO. The van der Waals surface area contributed by atoms with Crippen LogP contribution in [0.15, 0.2) is 24.3 Å². The monoisotopic (exact) mass is 275 g/mol. The molecular weight excluding hydrogens is 246 g/mol. The summed E-state index contributed by atoms with van der Waals surface area (Å²) in [6.45, 7) is 9.27. The van der Waals surface area contributed by atoms with Crippen molar-refractivity contribution in [2.24, 2.45) is 11.3 Å². The summed E-state index contributed by atoms with van der Waals surface area (Å²) >= 11 is 0. The molecule has 1 aliphatic carbocycles. The summed E-state index contributed by atoms with van der Waals surface area (Å²) in [4.78, 5) is 0. The highest BCUT2D eigenvalue weighted by Gasteiger charge is 2.34. The van der Waals surface area contributed by atoms with Gasteiger partial charge in [0, 0.05) is 12.1 Å². The average molecular weight is 275 g/mol. The number of hydrogen-bond donors (Lipinski definition) is 2. The highest BCUT2D eigenvalue weighted by atomic mass is 16.3. The number of hydrogen-bond acceptors (Lipinski definition) is 2. The zero-order valence-corrected chi connectivity index (χ0v) is 13.3. The Morgan fingerprint density at radius 1 is 1.20 bits per heavy atom. The molecule has 2 N–H and O–H groups in total. The highest BCUT2D eigenvalue weighted by molar-refractivity contribution is 5.29. The zero-order chi connectivity index (χ0) is 14.8. The number of phenols is 1. The van der Waals surface area contributed by atoms with Crippen molar-refractivity contribution >= 4 is 0 Å². The molecule has 112 valence electrons. The maximum absolute atomic E-state index is 9.62. The molecule has 1 aliphatic rings. The Balaban J connectivity index is 2.07. The van der Waals surface area contributed by atoms with Crippen LogP contribution in [0, 0.1) is 11.3 Å². The van der Waals surface area contributed by atoms with Gasteiger partial charge >= 0.3 is 0 Å². The lowest BCUT2D eigenvalue weighted by molar-refractivity contribution is 0.124. The van der Waals surface area contributed by atoms with Crippen LogP contribution in [0.5, 0.6) is 5.75 Å². The topological polar surface area (TPSA) is 32.3 Å². The molecule has 0 amide bonds. The molecule has 0 radical (unpaired) electrons. The molecule has 0 aliphatic heterocycles. The number of aromatic hydroxyl groups is 1. The van der Waals surface area contributed by atoms with E-state index in [-0.39, 0.29) is 6.04 Å². The number of nitrogens with one attached hydrogen (secondary N) is 1. The summed E-state index contributed by atoms with van der Waals surface area (Å²) in [5, 5.41) is 13.4. The van der Waals surface area contributed by atoms with E-state index in [2.05, 4.69) is 39.1 Å². The SMILES string of the molecule is CC(NC1CCCCC1C(C)(C)C)c1cccc(O)c1. The minimum absolute atomic E-state index is 0.287. The summed E-state index contributed by atoms with van der Waals surface area (Å²) < 4.78 is 0. The fraction of sp³-hybridized carbons (Fsp3) is 0.667. The second-order valence-corrected chi connectivity index (χ2v) is 7.35. The summed E-state index contributed by atoms with van der Waals surface area (Å²) in [6.07, 6.45) is 5.29. The fourth-order valence-corrected chi connectivity index (χ4v) is 3.58. The van der Waals surface area contributed by atoms with Crippen molar-refractivity contribution in [1.29, 1.82) is 0 Å². The standard InChI is InChI=1S/C18H29NO/c1-13(14-8-7-9-15(20)12-14)19-17-11-6-5-10-16(17)18(2,3)4/h7-9,12-13,16-17,19-20H,5-6,10-11H2,1-4H3. The molecule has 20 heavy (non-hydrogen) atoms. The van der Waals surface area contributed by atoms with Crippen LogP contribution >= 0.6 is 0 Å². The molecule has 0 aromatic heterocycles. The van der Waals surface area contributed by atoms with Crippen molar-refractivity contribution in [2.75, 3.05) is 0 Å². The Morgan fingerprint density at radius 3 is 2.55 bits per heavy atom. The first-order chi connectivity index (χ1) is 9.38. The zero-order valence-electron chi connectivity index (χ0n) is 13.3. The predicted molar refractivity (Wildman–Crippen MR) is 84.9 cm³/mol. The van der Waals surface area contributed by atoms with Crippen LogP contribution in [0.4, 0.5) is 0 Å². The van der Waals surface area contributed by atoms with Crippen molar-refractivity contribution in [2.45, 2.75) is 65.5 Å². The van der Waals surface area contributed by atoms with Crippen LogP contribution in [0.25, 0.3) is 0 Å². The van der Waals surface area contributed by atoms with E-state index in [9.17, 15) is 5.11 Å². The Hall–Kier alpha value is -1.02. The molecule has 2 nitrogen and oxygen atoms in total. The van der Waals surface area contributed by atoms with Gasteiger partial charge in [0.15, 0.2) is 0 Å². The van der Waals surface area contributed by atoms with Crippen LogP contribution in [-0.2, 0) is 0 Å². The van der Waals surface area contributed by atoms with Gasteiger partial charge in [-0.3, -0.25) is 0 Å². The molecule has 2 heteroatoms. The Kier molecular flexibility index (Phi) is 4.74. The Morgan fingerprint density at radius 2 is 1.90 bits per heavy atom. The lowest BCUT2D eigenvalue weighted by Crippen LogP contribution is -2.45. The summed E-state index contributed by atoms with van der Waals surface area (Å²) in [7, 11) is 0. The second-order valence-electron chi connectivity index (χ2n) is 7.35. The van der Waals surface area contributed by atoms with Crippen LogP contribution in [0.2, 0.25) is 0 Å². The molecule has 0 spiro atoms. The first-order valence-corrected chi connectivity index (χ1v) is 7.93. The first-order valence-electron chi connectivity index (χ1n) is 7.93. The quantitative estimate of drug-likeness (QED) is 0.841. The van der Waals surface area contributed by atoms with Crippen LogP contribution in [0.1, 0.15) is 65.0 Å². The summed E-state index contributed by atoms with van der Waals surface area (Å²) in [5.41, 5.74) is 1.53. The average Bonchev–Trinajstić information content (AvgIpc) is 2.38. The maximum atomic E-state index is 9.62. The third-order valence-electron chi connectivity index (χ3n) is 4.71. The van der Waals surface area contributed by atoms with Crippen molar-refractivity contribution in [3.63, 3.8) is 0 Å². The van der Waals surface area contributed by atoms with Gasteiger partial charge in [0.2, 0.25) is 0 Å². The van der Waals surface area contributed by atoms with E-state index in [4.69, 9.17) is 0 Å². The molecule has 1 fully saturated rings. The van der Waals surface area contributed by atoms with Crippen molar-refractivity contribution in [3.8, 4) is 5.75 Å². The van der Waals surface area contributed by atoms with E-state index in [1.54, 1.807) is 6.07 Å². The molecule has 1 saturated carbocycles. The van der Waals surface area contributed by atoms with Crippen LogP contribution < -0.4 is 5.32 Å². The van der Waals surface area contributed by atoms with Gasteiger partial charge in [0.1, 0.15) is 5.75 Å². The maximum Gasteiger partial charge on any atom is 0.115 e. The highest BCUT2D eigenvalue weighted by Crippen LogP contribution is 2.38. The van der Waals surface area contributed by atoms with Gasteiger partial charge in [-0.1, -0.05) is 45.7 Å². The van der Waals surface area contributed by atoms with Gasteiger partial charge in [-0.15, -0.1) is 0 Å². The van der Waals surface area contributed by atoms with Crippen molar-refractivity contribution in [1.82, 2.24) is 5.32 Å². The molecule has 3 atom stereocenters. The Labute approximate surface area is 123 Å². The minimum atomic E-state index is 0.287. The van der Waals surface area contributed by atoms with E-state index in [0.29, 0.717) is 17.2 Å².